The third-order valence-electron chi connectivity index (χ3n) is 5.40. The molecule has 3 aromatic rings. The zero-order chi connectivity index (χ0) is 27.2. The van der Waals surface area contributed by atoms with E-state index in [9.17, 15) is 4.79 Å². The number of carbonyl (C=O) groups is 1. The van der Waals surface area contributed by atoms with Crippen LogP contribution >= 0.6 is 62.5 Å². The first kappa shape index (κ1) is 28.8. The first-order valence-corrected chi connectivity index (χ1v) is 14.6. The van der Waals surface area contributed by atoms with Gasteiger partial charge in [0.15, 0.2) is 16.7 Å². The van der Waals surface area contributed by atoms with Gasteiger partial charge in [0, 0.05) is 27.2 Å². The largest absolute Gasteiger partial charge is 0.490 e. The van der Waals surface area contributed by atoms with E-state index >= 15 is 0 Å². The number of amidine groups is 1. The van der Waals surface area contributed by atoms with E-state index in [0.717, 1.165) is 23.2 Å². The van der Waals surface area contributed by atoms with E-state index in [1.807, 2.05) is 50.3 Å². The van der Waals surface area contributed by atoms with Crippen molar-refractivity contribution in [3.05, 3.63) is 90.2 Å². The van der Waals surface area contributed by atoms with Gasteiger partial charge < -0.3 is 9.47 Å². The van der Waals surface area contributed by atoms with Crippen LogP contribution in [0.4, 0.5) is 5.69 Å². The number of aliphatic imine (C=N–C) groups is 1. The topological polar surface area (TPSA) is 51.1 Å². The molecule has 4 rings (SSSR count). The maximum atomic E-state index is 13.3. The summed E-state index contributed by atoms with van der Waals surface area (Å²) in [6.07, 6.45) is 2.65. The van der Waals surface area contributed by atoms with Gasteiger partial charge in [-0.15, -0.1) is 0 Å². The molecule has 0 bridgehead atoms. The highest BCUT2D eigenvalue weighted by Gasteiger charge is 2.33. The number of amides is 1. The zero-order valence-corrected chi connectivity index (χ0v) is 25.3. The van der Waals surface area contributed by atoms with Crippen LogP contribution < -0.4 is 9.47 Å². The SMILES string of the molecule is CCCN1C(=O)/C(=C/c2cc(Br)c(OCc3ccc(Cl)cc3Cl)c(OCC)c2)SC1=Nc1ccc(Cl)cc1. The molecule has 1 heterocycles. The highest BCUT2D eigenvalue weighted by atomic mass is 79.9. The highest BCUT2D eigenvalue weighted by molar-refractivity contribution is 9.10. The number of benzene rings is 3. The van der Waals surface area contributed by atoms with Gasteiger partial charge in [-0.25, -0.2) is 4.99 Å². The Morgan fingerprint density at radius 3 is 2.42 bits per heavy atom. The molecule has 0 atom stereocenters. The Kier molecular flexibility index (Phi) is 10.1. The van der Waals surface area contributed by atoms with Crippen molar-refractivity contribution < 1.29 is 14.3 Å². The third-order valence-corrected chi connectivity index (χ3v) is 7.84. The fraction of sp³-hybridized carbons (Fsp3) is 0.214. The minimum absolute atomic E-state index is 0.0867. The quantitative estimate of drug-likeness (QED) is 0.216. The van der Waals surface area contributed by atoms with Crippen molar-refractivity contribution in [2.75, 3.05) is 13.2 Å². The molecule has 198 valence electrons. The summed E-state index contributed by atoms with van der Waals surface area (Å²) in [7, 11) is 0. The Hall–Kier alpha value is -2.16. The lowest BCUT2D eigenvalue weighted by Gasteiger charge is -2.15. The van der Waals surface area contributed by atoms with Crippen molar-refractivity contribution in [3.63, 3.8) is 0 Å². The van der Waals surface area contributed by atoms with Crippen LogP contribution in [-0.4, -0.2) is 29.1 Å². The van der Waals surface area contributed by atoms with Gasteiger partial charge in [0.25, 0.3) is 5.91 Å². The number of hydrogen-bond acceptors (Lipinski definition) is 5. The van der Waals surface area contributed by atoms with E-state index < -0.39 is 0 Å². The van der Waals surface area contributed by atoms with Crippen molar-refractivity contribution in [1.82, 2.24) is 4.90 Å². The maximum Gasteiger partial charge on any atom is 0.266 e. The summed E-state index contributed by atoms with van der Waals surface area (Å²) in [6, 6.07) is 16.2. The monoisotopic (exact) mass is 652 g/mol. The molecular formula is C28H24BrCl3N2O3S. The van der Waals surface area contributed by atoms with Crippen molar-refractivity contribution in [1.29, 1.82) is 0 Å². The molecule has 0 radical (unpaired) electrons. The Labute approximate surface area is 249 Å². The summed E-state index contributed by atoms with van der Waals surface area (Å²) >= 11 is 23.3. The minimum atomic E-state index is -0.0867. The molecule has 0 N–H and O–H groups in total. The molecule has 1 saturated heterocycles. The summed E-state index contributed by atoms with van der Waals surface area (Å²) in [6.45, 7) is 5.18. The molecule has 0 spiro atoms. The van der Waals surface area contributed by atoms with E-state index in [1.54, 1.807) is 29.2 Å². The van der Waals surface area contributed by atoms with E-state index in [0.29, 0.717) is 54.3 Å². The fourth-order valence-corrected chi connectivity index (χ4v) is 5.84. The average Bonchev–Trinajstić information content (AvgIpc) is 3.15. The number of nitrogens with zero attached hydrogens (tertiary/aromatic N) is 2. The van der Waals surface area contributed by atoms with E-state index in [4.69, 9.17) is 49.3 Å². The predicted molar refractivity (Wildman–Crippen MR) is 162 cm³/mol. The molecular weight excluding hydrogens is 631 g/mol. The molecule has 1 fully saturated rings. The van der Waals surface area contributed by atoms with Gasteiger partial charge in [-0.1, -0.05) is 47.8 Å². The number of thioether (sulfide) groups is 1. The smallest absolute Gasteiger partial charge is 0.266 e. The Morgan fingerprint density at radius 2 is 1.74 bits per heavy atom. The molecule has 38 heavy (non-hydrogen) atoms. The normalized spacial score (nSPS) is 15.5. The van der Waals surface area contributed by atoms with Gasteiger partial charge in [0.1, 0.15) is 6.61 Å². The molecule has 0 unspecified atom stereocenters. The summed E-state index contributed by atoms with van der Waals surface area (Å²) in [5.41, 5.74) is 2.32. The van der Waals surface area contributed by atoms with Gasteiger partial charge in [-0.3, -0.25) is 9.69 Å². The Balaban J connectivity index is 1.62. The number of ether oxygens (including phenoxy) is 2. The van der Waals surface area contributed by atoms with Crippen LogP contribution in [0.15, 0.2) is 69.0 Å². The maximum absolute atomic E-state index is 13.3. The molecule has 3 aromatic carbocycles. The zero-order valence-electron chi connectivity index (χ0n) is 20.6. The van der Waals surface area contributed by atoms with Crippen molar-refractivity contribution in [3.8, 4) is 11.5 Å². The average molecular weight is 655 g/mol. The molecule has 0 aliphatic carbocycles. The number of rotatable bonds is 9. The first-order valence-electron chi connectivity index (χ1n) is 11.9. The minimum Gasteiger partial charge on any atom is -0.490 e. The molecule has 0 aromatic heterocycles. The summed E-state index contributed by atoms with van der Waals surface area (Å²) in [5, 5.41) is 2.35. The van der Waals surface area contributed by atoms with Crippen molar-refractivity contribution >= 4 is 85.3 Å². The fourth-order valence-electron chi connectivity index (χ4n) is 3.65. The van der Waals surface area contributed by atoms with Crippen LogP contribution in [0.3, 0.4) is 0 Å². The number of carbonyl (C=O) groups excluding carboxylic acids is 1. The lowest BCUT2D eigenvalue weighted by molar-refractivity contribution is -0.122. The van der Waals surface area contributed by atoms with Crippen LogP contribution in [0.2, 0.25) is 15.1 Å². The lowest BCUT2D eigenvalue weighted by atomic mass is 10.1. The molecule has 1 aliphatic rings. The first-order chi connectivity index (χ1) is 18.3. The van der Waals surface area contributed by atoms with Gasteiger partial charge in [-0.2, -0.15) is 0 Å². The van der Waals surface area contributed by atoms with E-state index in [2.05, 4.69) is 15.9 Å². The van der Waals surface area contributed by atoms with Crippen LogP contribution in [-0.2, 0) is 11.4 Å². The molecule has 5 nitrogen and oxygen atoms in total. The Morgan fingerprint density at radius 1 is 1.00 bits per heavy atom. The summed E-state index contributed by atoms with van der Waals surface area (Å²) in [4.78, 5) is 20.3. The van der Waals surface area contributed by atoms with E-state index in [1.165, 1.54) is 11.8 Å². The van der Waals surface area contributed by atoms with E-state index in [-0.39, 0.29) is 12.5 Å². The standard InChI is InChI=1S/C28H24BrCl3N2O3S/c1-3-11-34-27(35)25(38-28(34)33-21-9-7-19(30)8-10-21)14-17-12-22(29)26(24(13-17)36-4-2)37-16-18-5-6-20(31)15-23(18)32/h5-10,12-15H,3-4,11,16H2,1-2H3/b25-14-,33-28?. The lowest BCUT2D eigenvalue weighted by Crippen LogP contribution is -2.29. The summed E-state index contributed by atoms with van der Waals surface area (Å²) in [5.74, 6) is 1.01. The molecule has 0 saturated carbocycles. The summed E-state index contributed by atoms with van der Waals surface area (Å²) < 4.78 is 12.7. The Bertz CT molecular complexity index is 1400. The third kappa shape index (κ3) is 7.07. The second kappa shape index (κ2) is 13.3. The van der Waals surface area contributed by atoms with Gasteiger partial charge in [0.05, 0.1) is 21.7 Å². The van der Waals surface area contributed by atoms with Crippen LogP contribution in [0, 0.1) is 0 Å². The molecule has 1 aliphatic heterocycles. The van der Waals surface area contributed by atoms with Gasteiger partial charge in [-0.05, 0) is 101 Å². The van der Waals surface area contributed by atoms with Crippen LogP contribution in [0.5, 0.6) is 11.5 Å². The number of halogens is 4. The second-order valence-corrected chi connectivity index (χ2v) is 11.4. The second-order valence-electron chi connectivity index (χ2n) is 8.23. The van der Waals surface area contributed by atoms with Crippen LogP contribution in [0.1, 0.15) is 31.4 Å². The van der Waals surface area contributed by atoms with Crippen LogP contribution in [0.25, 0.3) is 6.08 Å². The number of hydrogen-bond donors (Lipinski definition) is 0. The van der Waals surface area contributed by atoms with Gasteiger partial charge in [0.2, 0.25) is 0 Å². The highest BCUT2D eigenvalue weighted by Crippen LogP contribution is 2.40. The molecule has 1 amide bonds. The molecule has 10 heteroatoms. The predicted octanol–water partition coefficient (Wildman–Crippen LogP) is 9.40. The van der Waals surface area contributed by atoms with Crippen molar-refractivity contribution in [2.24, 2.45) is 4.99 Å². The van der Waals surface area contributed by atoms with Gasteiger partial charge >= 0.3 is 0 Å². The van der Waals surface area contributed by atoms with Crippen molar-refractivity contribution in [2.45, 2.75) is 26.9 Å².